The van der Waals surface area contributed by atoms with Gasteiger partial charge in [-0.25, -0.2) is 0 Å². The Morgan fingerprint density at radius 2 is 2.33 bits per heavy atom. The second-order valence-electron chi connectivity index (χ2n) is 4.05. The van der Waals surface area contributed by atoms with Crippen LogP contribution in [0, 0.1) is 0 Å². The monoisotopic (exact) mass is 203 g/mol. The third kappa shape index (κ3) is 1.48. The average molecular weight is 203 g/mol. The predicted molar refractivity (Wildman–Crippen MR) is 60.2 cm³/mol. The van der Waals surface area contributed by atoms with E-state index in [1.165, 1.54) is 0 Å². The van der Waals surface area contributed by atoms with Gasteiger partial charge in [-0.05, 0) is 12.5 Å². The molecule has 5 heteroatoms. The first-order chi connectivity index (χ1) is 7.33. The molecule has 0 saturated carbocycles. The van der Waals surface area contributed by atoms with E-state index in [9.17, 15) is 0 Å². The van der Waals surface area contributed by atoms with Gasteiger partial charge in [0.05, 0.1) is 18.1 Å². The van der Waals surface area contributed by atoms with E-state index in [0.29, 0.717) is 0 Å². The topological polar surface area (TPSA) is 66.3 Å². The Morgan fingerprint density at radius 1 is 1.40 bits per heavy atom. The highest BCUT2D eigenvalue weighted by molar-refractivity contribution is 5.96. The molecule has 2 N–H and O–H groups in total. The van der Waals surface area contributed by atoms with E-state index in [2.05, 4.69) is 26.2 Å². The lowest BCUT2D eigenvalue weighted by molar-refractivity contribution is 0.402. The van der Waals surface area contributed by atoms with Gasteiger partial charge in [0, 0.05) is 19.0 Å². The number of hydrogen-bond donors (Lipinski definition) is 1. The molecule has 5 nitrogen and oxygen atoms in total. The van der Waals surface area contributed by atoms with Crippen molar-refractivity contribution >= 4 is 18.3 Å². The highest BCUT2D eigenvalue weighted by Gasteiger charge is 2.28. The van der Waals surface area contributed by atoms with E-state index >= 15 is 0 Å². The Balaban J connectivity index is 1.96. The molecular weight excluding hydrogens is 190 g/mol. The molecule has 0 aromatic rings. The number of fused-ring (bicyclic) bond motifs is 3. The average Bonchev–Trinajstić information content (AvgIpc) is 2.43. The third-order valence-corrected chi connectivity index (χ3v) is 2.89. The van der Waals surface area contributed by atoms with Crippen LogP contribution >= 0.6 is 0 Å². The van der Waals surface area contributed by atoms with Crippen LogP contribution in [0.3, 0.4) is 0 Å². The van der Waals surface area contributed by atoms with E-state index in [4.69, 9.17) is 5.73 Å². The van der Waals surface area contributed by atoms with E-state index in [0.717, 1.165) is 30.9 Å². The molecule has 0 aliphatic carbocycles. The van der Waals surface area contributed by atoms with Gasteiger partial charge in [-0.2, -0.15) is 10.2 Å². The van der Waals surface area contributed by atoms with Gasteiger partial charge in [0.2, 0.25) is 0 Å². The third-order valence-electron chi connectivity index (χ3n) is 2.89. The van der Waals surface area contributed by atoms with E-state index in [-0.39, 0.29) is 12.1 Å². The van der Waals surface area contributed by atoms with Crippen molar-refractivity contribution in [1.82, 2.24) is 4.90 Å². The first-order valence-corrected chi connectivity index (χ1v) is 5.21. The lowest BCUT2D eigenvalue weighted by Gasteiger charge is -2.36. The fourth-order valence-corrected chi connectivity index (χ4v) is 2.13. The maximum absolute atomic E-state index is 5.95. The van der Waals surface area contributed by atoms with Gasteiger partial charge >= 0.3 is 0 Å². The Hall–Kier alpha value is -1.49. The van der Waals surface area contributed by atoms with Gasteiger partial charge in [-0.3, -0.25) is 4.99 Å². The SMILES string of the molecule is N[C@@H]1CCC2=NC3C=NN=CC(=C3)N2C1. The van der Waals surface area contributed by atoms with Crippen LogP contribution in [-0.4, -0.2) is 41.8 Å². The number of aliphatic imine (C=N–C) groups is 1. The number of piperidine rings is 1. The second kappa shape index (κ2) is 3.27. The van der Waals surface area contributed by atoms with Crippen LogP contribution in [0.5, 0.6) is 0 Å². The van der Waals surface area contributed by atoms with Crippen molar-refractivity contribution in [3.63, 3.8) is 0 Å². The largest absolute Gasteiger partial charge is 0.327 e. The summed E-state index contributed by atoms with van der Waals surface area (Å²) >= 11 is 0. The molecule has 3 aliphatic heterocycles. The molecule has 3 aliphatic rings. The summed E-state index contributed by atoms with van der Waals surface area (Å²) in [6.07, 6.45) is 7.59. The Kier molecular flexibility index (Phi) is 1.92. The van der Waals surface area contributed by atoms with Gasteiger partial charge < -0.3 is 10.6 Å². The smallest absolute Gasteiger partial charge is 0.109 e. The van der Waals surface area contributed by atoms with Gasteiger partial charge in [-0.15, -0.1) is 0 Å². The maximum Gasteiger partial charge on any atom is 0.109 e. The van der Waals surface area contributed by atoms with Crippen LogP contribution in [0.1, 0.15) is 12.8 Å². The standard InChI is InChI=1S/C10H13N5/c11-7-1-2-10-14-8-3-9(15(10)6-7)5-13-12-4-8/h3-5,7-8H,1-2,6,11H2/t7-,8?/m1/s1. The fourth-order valence-electron chi connectivity index (χ4n) is 2.13. The molecule has 0 aromatic carbocycles. The molecule has 78 valence electrons. The van der Waals surface area contributed by atoms with Crippen molar-refractivity contribution in [3.8, 4) is 0 Å². The number of hydrogen-bond acceptors (Lipinski definition) is 5. The van der Waals surface area contributed by atoms with E-state index in [1.807, 2.05) is 0 Å². The number of nitrogens with two attached hydrogens (primary N) is 1. The van der Waals surface area contributed by atoms with Crippen LogP contribution < -0.4 is 5.73 Å². The fraction of sp³-hybridized carbons (Fsp3) is 0.500. The molecule has 15 heavy (non-hydrogen) atoms. The zero-order valence-corrected chi connectivity index (χ0v) is 8.37. The summed E-state index contributed by atoms with van der Waals surface area (Å²) in [4.78, 5) is 6.76. The lowest BCUT2D eigenvalue weighted by atomic mass is 10.0. The quantitative estimate of drug-likeness (QED) is 0.608. The zero-order valence-electron chi connectivity index (χ0n) is 8.37. The highest BCUT2D eigenvalue weighted by Crippen LogP contribution is 2.22. The van der Waals surface area contributed by atoms with Crippen LogP contribution in [0.25, 0.3) is 0 Å². The lowest BCUT2D eigenvalue weighted by Crippen LogP contribution is -2.47. The van der Waals surface area contributed by atoms with Crippen LogP contribution in [0.4, 0.5) is 0 Å². The molecule has 1 unspecified atom stereocenters. The van der Waals surface area contributed by atoms with Crippen molar-refractivity contribution in [2.75, 3.05) is 6.54 Å². The molecule has 1 saturated heterocycles. The van der Waals surface area contributed by atoms with Gasteiger partial charge in [0.1, 0.15) is 11.9 Å². The minimum absolute atomic E-state index is 0.0584. The van der Waals surface area contributed by atoms with Crippen molar-refractivity contribution in [2.45, 2.75) is 24.9 Å². The molecule has 1 fully saturated rings. The van der Waals surface area contributed by atoms with Gasteiger partial charge in [0.25, 0.3) is 0 Å². The Morgan fingerprint density at radius 3 is 3.27 bits per heavy atom. The summed E-state index contributed by atoms with van der Waals surface area (Å²) < 4.78 is 0. The van der Waals surface area contributed by atoms with Crippen molar-refractivity contribution in [2.24, 2.45) is 20.9 Å². The summed E-state index contributed by atoms with van der Waals surface area (Å²) in [5.41, 5.74) is 7.03. The van der Waals surface area contributed by atoms with Crippen LogP contribution in [-0.2, 0) is 0 Å². The normalized spacial score (nSPS) is 33.0. The highest BCUT2D eigenvalue weighted by atomic mass is 15.3. The van der Waals surface area contributed by atoms with E-state index in [1.54, 1.807) is 12.4 Å². The summed E-state index contributed by atoms with van der Waals surface area (Å²) in [6.45, 7) is 0.837. The molecule has 0 spiro atoms. The first-order valence-electron chi connectivity index (χ1n) is 5.21. The summed E-state index contributed by atoms with van der Waals surface area (Å²) in [5, 5.41) is 7.87. The van der Waals surface area contributed by atoms with Gasteiger partial charge in [0.15, 0.2) is 0 Å². The van der Waals surface area contributed by atoms with Crippen LogP contribution in [0.15, 0.2) is 27.0 Å². The second-order valence-corrected chi connectivity index (χ2v) is 4.05. The maximum atomic E-state index is 5.95. The molecule has 2 atom stereocenters. The summed E-state index contributed by atoms with van der Waals surface area (Å²) in [6, 6.07) is 0.294. The van der Waals surface area contributed by atoms with Crippen molar-refractivity contribution in [1.29, 1.82) is 0 Å². The number of rotatable bonds is 0. The number of amidine groups is 1. The Labute approximate surface area is 88.1 Å². The predicted octanol–water partition coefficient (Wildman–Crippen LogP) is 0.144. The van der Waals surface area contributed by atoms with Gasteiger partial charge in [-0.1, -0.05) is 0 Å². The molecule has 3 heterocycles. The molecule has 0 radical (unpaired) electrons. The van der Waals surface area contributed by atoms with Crippen molar-refractivity contribution < 1.29 is 0 Å². The number of allylic oxidation sites excluding steroid dienone is 1. The minimum Gasteiger partial charge on any atom is -0.327 e. The molecule has 0 amide bonds. The summed E-state index contributed by atoms with van der Waals surface area (Å²) in [5.74, 6) is 1.12. The molecule has 3 rings (SSSR count). The molecule has 0 aromatic heterocycles. The van der Waals surface area contributed by atoms with Crippen molar-refractivity contribution in [3.05, 3.63) is 11.8 Å². The summed E-state index contributed by atoms with van der Waals surface area (Å²) in [7, 11) is 0. The first kappa shape index (κ1) is 8.79. The Bertz CT molecular complexity index is 393. The molecular formula is C10H13N5. The zero-order chi connectivity index (χ0) is 10.3. The van der Waals surface area contributed by atoms with Crippen LogP contribution in [0.2, 0.25) is 0 Å². The minimum atomic E-state index is 0.0584. The number of nitrogens with zero attached hydrogens (tertiary/aromatic N) is 4. The van der Waals surface area contributed by atoms with E-state index < -0.39 is 0 Å². The molecule has 2 bridgehead atoms.